The summed E-state index contributed by atoms with van der Waals surface area (Å²) >= 11 is 0. The minimum atomic E-state index is -0.192. The van der Waals surface area contributed by atoms with Gasteiger partial charge in [0.2, 0.25) is 0 Å². The number of nitrogens with zero attached hydrogens (tertiary/aromatic N) is 3. The maximum atomic E-state index is 12.6. The van der Waals surface area contributed by atoms with E-state index in [2.05, 4.69) is 20.1 Å². The van der Waals surface area contributed by atoms with Crippen LogP contribution in [-0.4, -0.2) is 40.0 Å². The molecule has 150 valence electrons. The van der Waals surface area contributed by atoms with Crippen molar-refractivity contribution >= 4 is 5.91 Å². The molecule has 0 bridgehead atoms. The van der Waals surface area contributed by atoms with Crippen molar-refractivity contribution in [2.24, 2.45) is 0 Å². The fourth-order valence-corrected chi connectivity index (χ4v) is 3.84. The lowest BCUT2D eigenvalue weighted by Crippen LogP contribution is -2.29. The van der Waals surface area contributed by atoms with Crippen LogP contribution in [0.2, 0.25) is 0 Å². The fourth-order valence-electron chi connectivity index (χ4n) is 3.84. The summed E-state index contributed by atoms with van der Waals surface area (Å²) in [5.41, 5.74) is 0.604. The Morgan fingerprint density at radius 1 is 1.25 bits per heavy atom. The van der Waals surface area contributed by atoms with E-state index >= 15 is 0 Å². The number of benzene rings is 1. The number of hydrogen-bond donors (Lipinski definition) is 1. The van der Waals surface area contributed by atoms with Gasteiger partial charge in [-0.15, -0.1) is 10.2 Å². The Kier molecular flexibility index (Phi) is 5.90. The highest BCUT2D eigenvalue weighted by Crippen LogP contribution is 2.20. The van der Waals surface area contributed by atoms with Crippen LogP contribution < -0.4 is 10.1 Å². The minimum absolute atomic E-state index is 0.121. The van der Waals surface area contributed by atoms with E-state index in [9.17, 15) is 4.79 Å². The highest BCUT2D eigenvalue weighted by Gasteiger charge is 2.21. The van der Waals surface area contributed by atoms with Crippen LogP contribution >= 0.6 is 0 Å². The van der Waals surface area contributed by atoms with Crippen molar-refractivity contribution in [2.75, 3.05) is 13.2 Å². The highest BCUT2D eigenvalue weighted by atomic mass is 16.5. The molecule has 1 fully saturated rings. The van der Waals surface area contributed by atoms with Crippen molar-refractivity contribution in [1.29, 1.82) is 0 Å². The molecule has 7 nitrogen and oxygen atoms in total. The number of rotatable bonds is 6. The van der Waals surface area contributed by atoms with Gasteiger partial charge in [0.05, 0.1) is 12.1 Å². The van der Waals surface area contributed by atoms with Gasteiger partial charge in [0.15, 0.2) is 5.82 Å². The molecular formula is C21H28N4O3. The summed E-state index contributed by atoms with van der Waals surface area (Å²) in [6, 6.07) is 7.05. The Bertz CT molecular complexity index is 796. The van der Waals surface area contributed by atoms with Crippen molar-refractivity contribution in [1.82, 2.24) is 20.1 Å². The van der Waals surface area contributed by atoms with Crippen LogP contribution in [-0.2, 0) is 17.7 Å². The van der Waals surface area contributed by atoms with Crippen LogP contribution in [0.1, 0.15) is 67.1 Å². The molecule has 3 heterocycles. The number of carbonyl (C=O) groups excluding carboxylic acids is 1. The number of hydrogen-bond acceptors (Lipinski definition) is 5. The van der Waals surface area contributed by atoms with Crippen LogP contribution in [0.15, 0.2) is 24.3 Å². The molecule has 2 aromatic rings. The van der Waals surface area contributed by atoms with Gasteiger partial charge >= 0.3 is 0 Å². The lowest BCUT2D eigenvalue weighted by Gasteiger charge is -2.16. The molecule has 0 unspecified atom stereocenters. The average Bonchev–Trinajstić information content (AvgIpc) is 3.32. The van der Waals surface area contributed by atoms with Gasteiger partial charge in [-0.2, -0.15) is 0 Å². The smallest absolute Gasteiger partial charge is 0.251 e. The molecule has 1 aromatic carbocycles. The molecule has 1 N–H and O–H groups in total. The lowest BCUT2D eigenvalue weighted by atomic mass is 10.2. The first kappa shape index (κ1) is 18.9. The first-order valence-electron chi connectivity index (χ1n) is 10.3. The van der Waals surface area contributed by atoms with Gasteiger partial charge in [0, 0.05) is 25.1 Å². The zero-order valence-electron chi connectivity index (χ0n) is 16.4. The van der Waals surface area contributed by atoms with E-state index in [-0.39, 0.29) is 18.1 Å². The van der Waals surface area contributed by atoms with Crippen LogP contribution in [0.3, 0.4) is 0 Å². The van der Waals surface area contributed by atoms with Crippen LogP contribution in [0.5, 0.6) is 5.75 Å². The maximum absolute atomic E-state index is 12.6. The molecule has 1 aromatic heterocycles. The molecule has 1 amide bonds. The second-order valence-electron chi connectivity index (χ2n) is 7.60. The lowest BCUT2D eigenvalue weighted by molar-refractivity contribution is 0.0679. The molecule has 2 aliphatic rings. The normalized spacial score (nSPS) is 20.2. The van der Waals surface area contributed by atoms with Gasteiger partial charge in [0.25, 0.3) is 5.91 Å². The molecule has 0 spiro atoms. The van der Waals surface area contributed by atoms with Crippen molar-refractivity contribution in [3.63, 3.8) is 0 Å². The number of aromatic nitrogens is 3. The molecule has 0 saturated carbocycles. The van der Waals surface area contributed by atoms with Gasteiger partial charge in [-0.05, 0) is 56.9 Å². The van der Waals surface area contributed by atoms with E-state index in [1.54, 1.807) is 12.1 Å². The number of aryl methyl sites for hydroxylation is 1. The van der Waals surface area contributed by atoms with Crippen LogP contribution in [0, 0.1) is 0 Å². The second-order valence-corrected chi connectivity index (χ2v) is 7.60. The number of nitrogens with one attached hydrogen (secondary N) is 1. The fraction of sp³-hybridized carbons (Fsp3) is 0.571. The predicted octanol–water partition coefficient (Wildman–Crippen LogP) is 3.05. The Hall–Kier alpha value is -2.41. The van der Waals surface area contributed by atoms with Crippen LogP contribution in [0.25, 0.3) is 0 Å². The number of fused-ring (bicyclic) bond motifs is 1. The highest BCUT2D eigenvalue weighted by molar-refractivity contribution is 5.94. The first-order chi connectivity index (χ1) is 13.7. The first-order valence-corrected chi connectivity index (χ1v) is 10.3. The SMILES string of the molecule is C[C@@H](NC(=O)c1ccc(OC[C@H]2CCCO2)cc1)c1nnc2n1CCCCC2. The molecule has 2 aliphatic heterocycles. The third-order valence-corrected chi connectivity index (χ3v) is 5.45. The van der Waals surface area contributed by atoms with Crippen molar-refractivity contribution < 1.29 is 14.3 Å². The van der Waals surface area contributed by atoms with Gasteiger partial charge in [0.1, 0.15) is 18.2 Å². The van der Waals surface area contributed by atoms with Gasteiger partial charge in [-0.1, -0.05) is 6.42 Å². The third-order valence-electron chi connectivity index (χ3n) is 5.45. The maximum Gasteiger partial charge on any atom is 0.251 e. The molecule has 7 heteroatoms. The molecule has 1 saturated heterocycles. The Labute approximate surface area is 165 Å². The molecular weight excluding hydrogens is 356 g/mol. The molecule has 2 atom stereocenters. The third kappa shape index (κ3) is 4.35. The predicted molar refractivity (Wildman–Crippen MR) is 104 cm³/mol. The molecule has 28 heavy (non-hydrogen) atoms. The molecule has 0 aliphatic carbocycles. The van der Waals surface area contributed by atoms with Gasteiger partial charge in [-0.3, -0.25) is 4.79 Å². The Morgan fingerprint density at radius 3 is 2.89 bits per heavy atom. The van der Waals surface area contributed by atoms with E-state index in [1.165, 1.54) is 6.42 Å². The number of amides is 1. The quantitative estimate of drug-likeness (QED) is 0.828. The molecule has 0 radical (unpaired) electrons. The summed E-state index contributed by atoms with van der Waals surface area (Å²) in [4.78, 5) is 12.6. The minimum Gasteiger partial charge on any atom is -0.491 e. The summed E-state index contributed by atoms with van der Waals surface area (Å²) < 4.78 is 13.5. The summed E-state index contributed by atoms with van der Waals surface area (Å²) in [5, 5.41) is 11.7. The van der Waals surface area contributed by atoms with Crippen molar-refractivity contribution in [3.8, 4) is 5.75 Å². The van der Waals surface area contributed by atoms with Gasteiger partial charge < -0.3 is 19.4 Å². The van der Waals surface area contributed by atoms with E-state index in [1.807, 2.05) is 19.1 Å². The number of carbonyl (C=O) groups is 1. The van der Waals surface area contributed by atoms with E-state index in [0.717, 1.165) is 62.7 Å². The average molecular weight is 384 g/mol. The summed E-state index contributed by atoms with van der Waals surface area (Å²) in [6.07, 6.45) is 6.78. The van der Waals surface area contributed by atoms with E-state index in [0.29, 0.717) is 12.2 Å². The monoisotopic (exact) mass is 384 g/mol. The summed E-state index contributed by atoms with van der Waals surface area (Å²) in [5.74, 6) is 2.50. The topological polar surface area (TPSA) is 78.3 Å². The zero-order chi connectivity index (χ0) is 19.3. The van der Waals surface area contributed by atoms with Crippen LogP contribution in [0.4, 0.5) is 0 Å². The largest absolute Gasteiger partial charge is 0.491 e. The van der Waals surface area contributed by atoms with Crippen molar-refractivity contribution in [3.05, 3.63) is 41.5 Å². The summed E-state index contributed by atoms with van der Waals surface area (Å²) in [7, 11) is 0. The van der Waals surface area contributed by atoms with E-state index < -0.39 is 0 Å². The second kappa shape index (κ2) is 8.73. The summed E-state index contributed by atoms with van der Waals surface area (Å²) in [6.45, 7) is 4.26. The van der Waals surface area contributed by atoms with E-state index in [4.69, 9.17) is 9.47 Å². The Balaban J connectivity index is 1.34. The van der Waals surface area contributed by atoms with Gasteiger partial charge in [-0.25, -0.2) is 0 Å². The zero-order valence-corrected chi connectivity index (χ0v) is 16.4. The standard InChI is InChI=1S/C21H28N4O3/c1-15(20-24-23-19-7-3-2-4-12-25(19)20)22-21(26)16-8-10-17(11-9-16)28-14-18-6-5-13-27-18/h8-11,15,18H,2-7,12-14H2,1H3,(H,22,26)/t15-,18-/m1/s1. The number of ether oxygens (including phenoxy) is 2. The molecule has 4 rings (SSSR count). The Morgan fingerprint density at radius 2 is 2.11 bits per heavy atom. The van der Waals surface area contributed by atoms with Crippen molar-refractivity contribution in [2.45, 2.75) is 64.1 Å².